The Hall–Kier alpha value is -2.27. The standard InChI is InChI=1S/C17H17NO3S/c1-12(19)18-15-7-9-16(10-8-15)21-17(20)14-5-3-13(4-6-14)11-22-2/h3-10H,11H2,1-2H3,(H,18,19). The summed E-state index contributed by atoms with van der Waals surface area (Å²) in [7, 11) is 0. The van der Waals surface area contributed by atoms with Gasteiger partial charge in [-0.2, -0.15) is 11.8 Å². The van der Waals surface area contributed by atoms with Gasteiger partial charge in [0.05, 0.1) is 5.56 Å². The second kappa shape index (κ2) is 7.66. The van der Waals surface area contributed by atoms with Crippen LogP contribution in [-0.4, -0.2) is 18.1 Å². The van der Waals surface area contributed by atoms with Crippen molar-refractivity contribution >= 4 is 29.3 Å². The number of nitrogens with one attached hydrogen (secondary N) is 1. The number of carbonyl (C=O) groups is 2. The molecule has 0 atom stereocenters. The minimum Gasteiger partial charge on any atom is -0.423 e. The van der Waals surface area contributed by atoms with Crippen LogP contribution in [0.25, 0.3) is 0 Å². The summed E-state index contributed by atoms with van der Waals surface area (Å²) in [6.07, 6.45) is 2.03. The summed E-state index contributed by atoms with van der Waals surface area (Å²) in [6.45, 7) is 1.44. The van der Waals surface area contributed by atoms with Crippen LogP contribution < -0.4 is 10.1 Å². The summed E-state index contributed by atoms with van der Waals surface area (Å²) in [4.78, 5) is 23.0. The molecule has 0 bridgehead atoms. The Morgan fingerprint density at radius 2 is 1.68 bits per heavy atom. The number of hydrogen-bond donors (Lipinski definition) is 1. The second-order valence-corrected chi connectivity index (χ2v) is 5.59. The van der Waals surface area contributed by atoms with E-state index in [0.29, 0.717) is 17.0 Å². The van der Waals surface area contributed by atoms with Gasteiger partial charge in [-0.3, -0.25) is 4.79 Å². The number of rotatable bonds is 5. The molecule has 0 saturated heterocycles. The molecule has 1 amide bonds. The Kier molecular flexibility index (Phi) is 5.61. The van der Waals surface area contributed by atoms with Crippen molar-refractivity contribution in [1.29, 1.82) is 0 Å². The highest BCUT2D eigenvalue weighted by Gasteiger charge is 2.08. The molecule has 1 N–H and O–H groups in total. The molecule has 0 saturated carbocycles. The summed E-state index contributed by atoms with van der Waals surface area (Å²) in [5, 5.41) is 2.65. The van der Waals surface area contributed by atoms with Gasteiger partial charge in [0.25, 0.3) is 0 Å². The number of amides is 1. The van der Waals surface area contributed by atoms with Crippen molar-refractivity contribution in [2.75, 3.05) is 11.6 Å². The molecule has 22 heavy (non-hydrogen) atoms. The average Bonchev–Trinajstić information content (AvgIpc) is 2.50. The van der Waals surface area contributed by atoms with Gasteiger partial charge < -0.3 is 10.1 Å². The van der Waals surface area contributed by atoms with Crippen molar-refractivity contribution in [2.24, 2.45) is 0 Å². The summed E-state index contributed by atoms with van der Waals surface area (Å²) in [6, 6.07) is 14.0. The number of anilines is 1. The Labute approximate surface area is 133 Å². The highest BCUT2D eigenvalue weighted by atomic mass is 32.2. The molecule has 0 aliphatic heterocycles. The van der Waals surface area contributed by atoms with E-state index >= 15 is 0 Å². The van der Waals surface area contributed by atoms with E-state index in [9.17, 15) is 9.59 Å². The summed E-state index contributed by atoms with van der Waals surface area (Å²) < 4.78 is 5.30. The predicted octanol–water partition coefficient (Wildman–Crippen LogP) is 3.73. The van der Waals surface area contributed by atoms with Crippen molar-refractivity contribution in [3.8, 4) is 5.75 Å². The fourth-order valence-corrected chi connectivity index (χ4v) is 2.41. The molecule has 0 aliphatic carbocycles. The van der Waals surface area contributed by atoms with Gasteiger partial charge in [0.2, 0.25) is 5.91 Å². The molecule has 114 valence electrons. The van der Waals surface area contributed by atoms with E-state index in [0.717, 1.165) is 5.75 Å². The maximum atomic E-state index is 12.0. The SMILES string of the molecule is CSCc1ccc(C(=O)Oc2ccc(NC(C)=O)cc2)cc1. The van der Waals surface area contributed by atoms with Crippen LogP contribution in [0.4, 0.5) is 5.69 Å². The van der Waals surface area contributed by atoms with Crippen LogP contribution in [-0.2, 0) is 10.5 Å². The number of benzene rings is 2. The molecule has 0 radical (unpaired) electrons. The number of thioether (sulfide) groups is 1. The van der Waals surface area contributed by atoms with Crippen molar-refractivity contribution in [2.45, 2.75) is 12.7 Å². The molecule has 0 spiro atoms. The minimum atomic E-state index is -0.400. The first kappa shape index (κ1) is 16.1. The number of esters is 1. The van der Waals surface area contributed by atoms with Crippen LogP contribution in [0.3, 0.4) is 0 Å². The van der Waals surface area contributed by atoms with E-state index in [-0.39, 0.29) is 5.91 Å². The van der Waals surface area contributed by atoms with Crippen molar-refractivity contribution in [1.82, 2.24) is 0 Å². The van der Waals surface area contributed by atoms with Crippen molar-refractivity contribution < 1.29 is 14.3 Å². The third kappa shape index (κ3) is 4.63. The Morgan fingerprint density at radius 3 is 2.23 bits per heavy atom. The first-order chi connectivity index (χ1) is 10.6. The van der Waals surface area contributed by atoms with Gasteiger partial charge in [0, 0.05) is 18.4 Å². The quantitative estimate of drug-likeness (QED) is 0.675. The molecule has 4 nitrogen and oxygen atoms in total. The number of carbonyl (C=O) groups excluding carboxylic acids is 2. The molecule has 2 aromatic rings. The number of ether oxygens (including phenoxy) is 1. The Morgan fingerprint density at radius 1 is 1.05 bits per heavy atom. The van der Waals surface area contributed by atoms with Gasteiger partial charge in [-0.25, -0.2) is 4.79 Å². The molecule has 0 heterocycles. The average molecular weight is 315 g/mol. The van der Waals surface area contributed by atoms with Gasteiger partial charge >= 0.3 is 5.97 Å². The zero-order valence-electron chi connectivity index (χ0n) is 12.5. The van der Waals surface area contributed by atoms with Crippen LogP contribution in [0.2, 0.25) is 0 Å². The van der Waals surface area contributed by atoms with E-state index in [1.165, 1.54) is 12.5 Å². The monoisotopic (exact) mass is 315 g/mol. The molecule has 0 fully saturated rings. The van der Waals surface area contributed by atoms with Gasteiger partial charge in [0.15, 0.2) is 0 Å². The van der Waals surface area contributed by atoms with Crippen LogP contribution in [0, 0.1) is 0 Å². The van der Waals surface area contributed by atoms with Crippen LogP contribution >= 0.6 is 11.8 Å². The van der Waals surface area contributed by atoms with Crippen molar-refractivity contribution in [3.63, 3.8) is 0 Å². The van der Waals surface area contributed by atoms with Gasteiger partial charge in [0.1, 0.15) is 5.75 Å². The molecule has 5 heteroatoms. The zero-order valence-corrected chi connectivity index (χ0v) is 13.3. The van der Waals surface area contributed by atoms with Crippen LogP contribution in [0.1, 0.15) is 22.8 Å². The lowest BCUT2D eigenvalue weighted by Crippen LogP contribution is -2.09. The molecule has 0 aromatic heterocycles. The molecule has 2 aromatic carbocycles. The smallest absolute Gasteiger partial charge is 0.343 e. The molecule has 2 rings (SSSR count). The predicted molar refractivity (Wildman–Crippen MR) is 89.4 cm³/mol. The van der Waals surface area contributed by atoms with Crippen LogP contribution in [0.15, 0.2) is 48.5 Å². The van der Waals surface area contributed by atoms with Crippen molar-refractivity contribution in [3.05, 3.63) is 59.7 Å². The first-order valence-corrected chi connectivity index (χ1v) is 8.15. The lowest BCUT2D eigenvalue weighted by molar-refractivity contribution is -0.114. The lowest BCUT2D eigenvalue weighted by Gasteiger charge is -2.07. The van der Waals surface area contributed by atoms with Gasteiger partial charge in [-0.05, 0) is 48.2 Å². The molecule has 0 unspecified atom stereocenters. The van der Waals surface area contributed by atoms with E-state index in [4.69, 9.17) is 4.74 Å². The number of hydrogen-bond acceptors (Lipinski definition) is 4. The Bertz CT molecular complexity index is 651. The lowest BCUT2D eigenvalue weighted by atomic mass is 10.1. The fourth-order valence-electron chi connectivity index (χ4n) is 1.88. The maximum Gasteiger partial charge on any atom is 0.343 e. The summed E-state index contributed by atoms with van der Waals surface area (Å²) in [5.74, 6) is 0.810. The second-order valence-electron chi connectivity index (χ2n) is 4.73. The van der Waals surface area contributed by atoms with Crippen LogP contribution in [0.5, 0.6) is 5.75 Å². The molecular formula is C17H17NO3S. The minimum absolute atomic E-state index is 0.143. The molecule has 0 aliphatic rings. The zero-order chi connectivity index (χ0) is 15.9. The Balaban J connectivity index is 2.00. The highest BCUT2D eigenvalue weighted by molar-refractivity contribution is 7.97. The van der Waals surface area contributed by atoms with E-state index in [2.05, 4.69) is 5.32 Å². The fraction of sp³-hybridized carbons (Fsp3) is 0.176. The first-order valence-electron chi connectivity index (χ1n) is 6.76. The van der Waals surface area contributed by atoms with Gasteiger partial charge in [-0.1, -0.05) is 12.1 Å². The van der Waals surface area contributed by atoms with E-state index in [1.807, 2.05) is 18.4 Å². The van der Waals surface area contributed by atoms with E-state index < -0.39 is 5.97 Å². The molecular weight excluding hydrogens is 298 g/mol. The normalized spacial score (nSPS) is 10.1. The maximum absolute atomic E-state index is 12.0. The summed E-state index contributed by atoms with van der Waals surface area (Å²) in [5.41, 5.74) is 2.34. The highest BCUT2D eigenvalue weighted by Crippen LogP contribution is 2.18. The third-order valence-corrected chi connectivity index (χ3v) is 3.51. The largest absolute Gasteiger partial charge is 0.423 e. The third-order valence-electron chi connectivity index (χ3n) is 2.89. The van der Waals surface area contributed by atoms with E-state index in [1.54, 1.807) is 48.2 Å². The topological polar surface area (TPSA) is 55.4 Å². The summed E-state index contributed by atoms with van der Waals surface area (Å²) >= 11 is 1.73. The van der Waals surface area contributed by atoms with Gasteiger partial charge in [-0.15, -0.1) is 0 Å².